The minimum Gasteiger partial charge on any atom is -0.463 e. The molecule has 1 atom stereocenters. The van der Waals surface area contributed by atoms with Gasteiger partial charge in [0.25, 0.3) is 0 Å². The fourth-order valence-electron chi connectivity index (χ4n) is 1.37. The van der Waals surface area contributed by atoms with Crippen LogP contribution in [0, 0.1) is 5.92 Å². The van der Waals surface area contributed by atoms with E-state index in [1.165, 1.54) is 0 Å². The molecule has 0 spiro atoms. The summed E-state index contributed by atoms with van der Waals surface area (Å²) in [4.78, 5) is 11.2. The van der Waals surface area contributed by atoms with Gasteiger partial charge in [-0.15, -0.1) is 0 Å². The minimum atomic E-state index is -0.121. The Morgan fingerprint density at radius 1 is 1.22 bits per heavy atom. The molecule has 0 saturated heterocycles. The van der Waals surface area contributed by atoms with Crippen LogP contribution in [0.2, 0.25) is 0 Å². The Morgan fingerprint density at radius 2 is 1.72 bits per heavy atom. The van der Waals surface area contributed by atoms with Gasteiger partial charge in [-0.1, -0.05) is 54.5 Å². The maximum absolute atomic E-state index is 11.2. The summed E-state index contributed by atoms with van der Waals surface area (Å²) >= 11 is 0. The number of hydrogen-bond donors (Lipinski definition) is 0. The van der Waals surface area contributed by atoms with Crippen LogP contribution >= 0.6 is 0 Å². The van der Waals surface area contributed by atoms with Crippen LogP contribution in [0.1, 0.15) is 74.7 Å². The molecule has 0 unspecified atom stereocenters. The van der Waals surface area contributed by atoms with E-state index in [1.54, 1.807) is 0 Å². The van der Waals surface area contributed by atoms with E-state index in [-0.39, 0.29) is 5.97 Å². The van der Waals surface area contributed by atoms with E-state index < -0.39 is 0 Å². The van der Waals surface area contributed by atoms with Gasteiger partial charge in [-0.3, -0.25) is 0 Å². The zero-order valence-corrected chi connectivity index (χ0v) is 13.8. The van der Waals surface area contributed by atoms with Gasteiger partial charge in [0.15, 0.2) is 0 Å². The molecule has 2 heteroatoms. The second kappa shape index (κ2) is 18.6. The summed E-state index contributed by atoms with van der Waals surface area (Å²) in [5.41, 5.74) is 0.870. The van der Waals surface area contributed by atoms with Crippen molar-refractivity contribution in [2.45, 2.75) is 74.7 Å². The van der Waals surface area contributed by atoms with Gasteiger partial charge in [-0.2, -0.15) is 0 Å². The number of ether oxygens (including phenoxy) is 1. The Balaban J connectivity index is -0.000000328. The van der Waals surface area contributed by atoms with E-state index in [2.05, 4.69) is 6.92 Å². The van der Waals surface area contributed by atoms with Crippen molar-refractivity contribution in [1.29, 1.82) is 0 Å². The first-order chi connectivity index (χ1) is 8.74. The molecule has 1 rings (SSSR count). The van der Waals surface area contributed by atoms with Crippen LogP contribution < -0.4 is 0 Å². The molecule has 110 valence electrons. The average molecular weight is 258 g/mol. The van der Waals surface area contributed by atoms with Gasteiger partial charge in [0, 0.05) is 5.57 Å². The van der Waals surface area contributed by atoms with Crippen LogP contribution in [0.25, 0.3) is 0 Å². The third-order valence-electron chi connectivity index (χ3n) is 2.21. The molecule has 0 saturated carbocycles. The van der Waals surface area contributed by atoms with E-state index in [4.69, 9.17) is 4.74 Å². The largest absolute Gasteiger partial charge is 0.463 e. The summed E-state index contributed by atoms with van der Waals surface area (Å²) in [5, 5.41) is 0. The van der Waals surface area contributed by atoms with Gasteiger partial charge < -0.3 is 4.74 Å². The quantitative estimate of drug-likeness (QED) is 0.622. The second-order valence-electron chi connectivity index (χ2n) is 3.33. The van der Waals surface area contributed by atoms with Crippen molar-refractivity contribution in [1.82, 2.24) is 0 Å². The Morgan fingerprint density at radius 3 is 2.06 bits per heavy atom. The van der Waals surface area contributed by atoms with E-state index in [1.807, 2.05) is 54.5 Å². The Labute approximate surface area is 115 Å². The minimum absolute atomic E-state index is 0.121. The summed E-state index contributed by atoms with van der Waals surface area (Å²) in [6, 6.07) is 0. The molecule has 0 aromatic carbocycles. The predicted octanol–water partition coefficient (Wildman–Crippen LogP) is 5.37. The summed E-state index contributed by atoms with van der Waals surface area (Å²) in [6.07, 6.45) is 5.05. The van der Waals surface area contributed by atoms with E-state index in [9.17, 15) is 4.79 Å². The zero-order valence-electron chi connectivity index (χ0n) is 13.8. The van der Waals surface area contributed by atoms with Crippen molar-refractivity contribution in [2.75, 3.05) is 6.61 Å². The van der Waals surface area contributed by atoms with Gasteiger partial charge in [0.05, 0.1) is 6.61 Å². The topological polar surface area (TPSA) is 26.3 Å². The molecule has 0 bridgehead atoms. The number of rotatable bonds is 2. The first-order valence-electron chi connectivity index (χ1n) is 7.60. The first kappa shape index (κ1) is 22.4. The van der Waals surface area contributed by atoms with Crippen LogP contribution in [0.4, 0.5) is 0 Å². The molecule has 0 heterocycles. The Hall–Kier alpha value is -0.790. The number of allylic oxidation sites excluding steroid dienone is 1. The van der Waals surface area contributed by atoms with Gasteiger partial charge in [0.1, 0.15) is 0 Å². The molecular formula is C16H34O2. The fourth-order valence-corrected chi connectivity index (χ4v) is 1.37. The zero-order chi connectivity index (χ0) is 15.0. The lowest BCUT2D eigenvalue weighted by atomic mass is 9.91. The molecule has 0 aromatic heterocycles. The molecule has 0 fully saturated rings. The molecule has 0 aromatic rings. The normalized spacial score (nSPS) is 16.4. The van der Waals surface area contributed by atoms with Gasteiger partial charge >= 0.3 is 5.97 Å². The smallest absolute Gasteiger partial charge is 0.333 e. The third-order valence-corrected chi connectivity index (χ3v) is 2.21. The van der Waals surface area contributed by atoms with E-state index in [0.717, 1.165) is 30.8 Å². The molecule has 1 aliphatic carbocycles. The van der Waals surface area contributed by atoms with Gasteiger partial charge in [-0.05, 0) is 32.1 Å². The highest BCUT2D eigenvalue weighted by Gasteiger charge is 2.16. The Bertz CT molecular complexity index is 195. The fraction of sp³-hybridized carbons (Fsp3) is 0.812. The monoisotopic (exact) mass is 258 g/mol. The van der Waals surface area contributed by atoms with Crippen molar-refractivity contribution < 1.29 is 9.53 Å². The lowest BCUT2D eigenvalue weighted by molar-refractivity contribution is -0.138. The number of carbonyl (C=O) groups excluding carboxylic acids is 1. The highest BCUT2D eigenvalue weighted by molar-refractivity contribution is 5.88. The molecule has 0 aliphatic heterocycles. The standard InChI is InChI=1S/C10H16O2.3C2H6/c1-3-12-10(11)9-6-4-8(2)5-7-9;3*1-2/h6,8H,3-5,7H2,1-2H3;3*1-2H3/t8-;;;/m0.../s1. The maximum atomic E-state index is 11.2. The Kier molecular flexibility index (Phi) is 23.1. The molecule has 1 aliphatic rings. The van der Waals surface area contributed by atoms with Gasteiger partial charge in [-0.25, -0.2) is 4.79 Å². The van der Waals surface area contributed by atoms with Crippen LogP contribution in [0.15, 0.2) is 11.6 Å². The maximum Gasteiger partial charge on any atom is 0.333 e. The second-order valence-corrected chi connectivity index (χ2v) is 3.33. The molecule has 0 radical (unpaired) electrons. The summed E-state index contributed by atoms with van der Waals surface area (Å²) in [5.74, 6) is 0.604. The van der Waals surface area contributed by atoms with Crippen molar-refractivity contribution in [3.63, 3.8) is 0 Å². The summed E-state index contributed by atoms with van der Waals surface area (Å²) < 4.78 is 4.91. The lowest BCUT2D eigenvalue weighted by Gasteiger charge is -2.16. The predicted molar refractivity (Wildman–Crippen MR) is 81.8 cm³/mol. The van der Waals surface area contributed by atoms with Gasteiger partial charge in [0.2, 0.25) is 0 Å². The number of carbonyl (C=O) groups is 1. The van der Waals surface area contributed by atoms with Crippen molar-refractivity contribution in [3.8, 4) is 0 Å². The molecule has 18 heavy (non-hydrogen) atoms. The first-order valence-corrected chi connectivity index (χ1v) is 7.60. The summed E-state index contributed by atoms with van der Waals surface area (Å²) in [6.45, 7) is 16.5. The van der Waals surface area contributed by atoms with E-state index >= 15 is 0 Å². The molecule has 0 amide bonds. The lowest BCUT2D eigenvalue weighted by Crippen LogP contribution is -2.12. The average Bonchev–Trinajstić information content (AvgIpc) is 2.46. The SMILES string of the molecule is CC.CC.CC.CCOC(=O)C1=CC[C@H](C)CC1. The summed E-state index contributed by atoms with van der Waals surface area (Å²) in [7, 11) is 0. The molecule has 0 N–H and O–H groups in total. The highest BCUT2D eigenvalue weighted by atomic mass is 16.5. The van der Waals surface area contributed by atoms with Crippen molar-refractivity contribution >= 4 is 5.97 Å². The third kappa shape index (κ3) is 11.7. The highest BCUT2D eigenvalue weighted by Crippen LogP contribution is 2.23. The molecule has 2 nitrogen and oxygen atoms in total. The number of hydrogen-bond acceptors (Lipinski definition) is 2. The van der Waals surface area contributed by atoms with Crippen LogP contribution in [-0.4, -0.2) is 12.6 Å². The molecular weight excluding hydrogens is 224 g/mol. The van der Waals surface area contributed by atoms with E-state index in [0.29, 0.717) is 6.61 Å². The number of esters is 1. The van der Waals surface area contributed by atoms with Crippen LogP contribution in [-0.2, 0) is 9.53 Å². The van der Waals surface area contributed by atoms with Crippen molar-refractivity contribution in [3.05, 3.63) is 11.6 Å². The van der Waals surface area contributed by atoms with Crippen molar-refractivity contribution in [2.24, 2.45) is 5.92 Å². The van der Waals surface area contributed by atoms with Crippen LogP contribution in [0.5, 0.6) is 0 Å². The van der Waals surface area contributed by atoms with Crippen LogP contribution in [0.3, 0.4) is 0 Å².